The van der Waals surface area contributed by atoms with E-state index < -0.39 is 0 Å². The molecule has 0 bridgehead atoms. The number of hydrogen-bond acceptors (Lipinski definition) is 3. The molecular weight excluding hydrogens is 202 g/mol. The third-order valence-electron chi connectivity index (χ3n) is 3.09. The molecule has 88 valence electrons. The number of aryl methyl sites for hydroxylation is 1. The fraction of sp³-hybridized carbons (Fsp3) is 0.538. The number of benzene rings is 1. The van der Waals surface area contributed by atoms with Crippen molar-refractivity contribution in [2.45, 2.75) is 32.0 Å². The van der Waals surface area contributed by atoms with Crippen molar-refractivity contribution in [1.82, 2.24) is 5.32 Å². The Morgan fingerprint density at radius 3 is 2.56 bits per heavy atom. The second-order valence-corrected chi connectivity index (χ2v) is 4.51. The summed E-state index contributed by atoms with van der Waals surface area (Å²) in [7, 11) is 0. The van der Waals surface area contributed by atoms with Crippen LogP contribution in [0, 0.1) is 6.92 Å². The zero-order chi connectivity index (χ0) is 11.5. The molecule has 1 fully saturated rings. The highest BCUT2D eigenvalue weighted by Crippen LogP contribution is 2.16. The quantitative estimate of drug-likeness (QED) is 0.810. The van der Waals surface area contributed by atoms with Gasteiger partial charge < -0.3 is 15.2 Å². The van der Waals surface area contributed by atoms with E-state index in [1.165, 1.54) is 11.1 Å². The van der Waals surface area contributed by atoms with Gasteiger partial charge in [-0.15, -0.1) is 0 Å². The number of aliphatic hydroxyl groups excluding tert-OH is 1. The molecule has 0 aromatic heterocycles. The molecule has 2 rings (SSSR count). The van der Waals surface area contributed by atoms with E-state index in [0.29, 0.717) is 13.2 Å². The van der Waals surface area contributed by atoms with Gasteiger partial charge in [0, 0.05) is 6.04 Å². The van der Waals surface area contributed by atoms with E-state index in [4.69, 9.17) is 4.74 Å². The topological polar surface area (TPSA) is 41.5 Å². The zero-order valence-corrected chi connectivity index (χ0v) is 9.81. The van der Waals surface area contributed by atoms with Crippen LogP contribution >= 0.6 is 0 Å². The van der Waals surface area contributed by atoms with Crippen LogP contribution in [-0.2, 0) is 4.74 Å². The monoisotopic (exact) mass is 221 g/mol. The molecule has 1 heterocycles. The van der Waals surface area contributed by atoms with Gasteiger partial charge in [-0.1, -0.05) is 29.8 Å². The predicted octanol–water partition coefficient (Wildman–Crippen LogP) is 1.41. The summed E-state index contributed by atoms with van der Waals surface area (Å²) in [5, 5.41) is 13.0. The number of hydrogen-bond donors (Lipinski definition) is 2. The summed E-state index contributed by atoms with van der Waals surface area (Å²) < 4.78 is 5.21. The molecule has 0 saturated carbocycles. The van der Waals surface area contributed by atoms with Crippen molar-refractivity contribution in [2.24, 2.45) is 0 Å². The average Bonchev–Trinajstić information content (AvgIpc) is 2.65. The number of nitrogens with one attached hydrogen (secondary N) is 1. The van der Waals surface area contributed by atoms with Gasteiger partial charge in [0.25, 0.3) is 0 Å². The third kappa shape index (κ3) is 2.61. The smallest absolute Gasteiger partial charge is 0.0948 e. The predicted molar refractivity (Wildman–Crippen MR) is 63.3 cm³/mol. The van der Waals surface area contributed by atoms with Crippen molar-refractivity contribution in [2.75, 3.05) is 13.2 Å². The summed E-state index contributed by atoms with van der Waals surface area (Å²) in [4.78, 5) is 0. The average molecular weight is 221 g/mol. The van der Waals surface area contributed by atoms with Crippen molar-refractivity contribution >= 4 is 0 Å². The van der Waals surface area contributed by atoms with Crippen LogP contribution in [0.15, 0.2) is 24.3 Å². The van der Waals surface area contributed by atoms with Crippen molar-refractivity contribution < 1.29 is 9.84 Å². The molecular formula is C13H19NO2. The van der Waals surface area contributed by atoms with Crippen LogP contribution in [0.2, 0.25) is 0 Å². The van der Waals surface area contributed by atoms with Crippen molar-refractivity contribution in [3.05, 3.63) is 35.4 Å². The highest BCUT2D eigenvalue weighted by atomic mass is 16.5. The fourth-order valence-corrected chi connectivity index (χ4v) is 1.97. The van der Waals surface area contributed by atoms with Gasteiger partial charge in [0.2, 0.25) is 0 Å². The van der Waals surface area contributed by atoms with Crippen molar-refractivity contribution in [1.29, 1.82) is 0 Å². The normalized spacial score (nSPS) is 26.9. The first-order valence-corrected chi connectivity index (χ1v) is 5.75. The molecule has 16 heavy (non-hydrogen) atoms. The molecule has 3 atom stereocenters. The van der Waals surface area contributed by atoms with E-state index >= 15 is 0 Å². The molecule has 0 amide bonds. The molecule has 1 saturated heterocycles. The lowest BCUT2D eigenvalue weighted by Gasteiger charge is -2.21. The Bertz CT molecular complexity index is 336. The van der Waals surface area contributed by atoms with Gasteiger partial charge in [0.05, 0.1) is 25.4 Å². The first kappa shape index (κ1) is 11.6. The van der Waals surface area contributed by atoms with Gasteiger partial charge in [0.1, 0.15) is 0 Å². The number of ether oxygens (including phenoxy) is 1. The lowest BCUT2D eigenvalue weighted by Crippen LogP contribution is -2.40. The molecule has 1 aromatic rings. The maximum atomic E-state index is 9.64. The molecule has 3 nitrogen and oxygen atoms in total. The molecule has 0 aliphatic carbocycles. The Balaban J connectivity index is 1.97. The van der Waals surface area contributed by atoms with E-state index in [1.807, 2.05) is 0 Å². The maximum Gasteiger partial charge on any atom is 0.0948 e. The summed E-state index contributed by atoms with van der Waals surface area (Å²) in [6.07, 6.45) is -0.382. The number of rotatable bonds is 3. The fourth-order valence-electron chi connectivity index (χ4n) is 1.97. The van der Waals surface area contributed by atoms with Crippen LogP contribution in [0.4, 0.5) is 0 Å². The largest absolute Gasteiger partial charge is 0.389 e. The third-order valence-corrected chi connectivity index (χ3v) is 3.09. The summed E-state index contributed by atoms with van der Waals surface area (Å²) in [6, 6.07) is 8.74. The first-order valence-electron chi connectivity index (χ1n) is 5.75. The Labute approximate surface area is 96.4 Å². The molecule has 3 heteroatoms. The Kier molecular flexibility index (Phi) is 3.59. The zero-order valence-electron chi connectivity index (χ0n) is 9.81. The van der Waals surface area contributed by atoms with Crippen LogP contribution in [-0.4, -0.2) is 30.5 Å². The molecule has 0 radical (unpaired) electrons. The van der Waals surface area contributed by atoms with E-state index in [2.05, 4.69) is 43.4 Å². The van der Waals surface area contributed by atoms with E-state index in [0.717, 1.165) is 0 Å². The van der Waals surface area contributed by atoms with Crippen LogP contribution in [0.25, 0.3) is 0 Å². The molecule has 1 aliphatic heterocycles. The lowest BCUT2D eigenvalue weighted by atomic mass is 10.1. The van der Waals surface area contributed by atoms with Gasteiger partial charge in [-0.2, -0.15) is 0 Å². The SMILES string of the molecule is Cc1ccc(C(C)NC2COCC2O)cc1. The minimum absolute atomic E-state index is 0.0521. The molecule has 1 aromatic carbocycles. The number of aliphatic hydroxyl groups is 1. The van der Waals surface area contributed by atoms with E-state index in [1.54, 1.807) is 0 Å². The Hall–Kier alpha value is -0.900. The highest BCUT2D eigenvalue weighted by Gasteiger charge is 2.27. The minimum atomic E-state index is -0.382. The van der Waals surface area contributed by atoms with Gasteiger partial charge in [-0.3, -0.25) is 0 Å². The molecule has 0 spiro atoms. The van der Waals surface area contributed by atoms with Crippen LogP contribution in [0.1, 0.15) is 24.1 Å². The highest BCUT2D eigenvalue weighted by molar-refractivity contribution is 5.23. The maximum absolute atomic E-state index is 9.64. The summed E-state index contributed by atoms with van der Waals surface area (Å²) in [5.74, 6) is 0. The summed E-state index contributed by atoms with van der Waals surface area (Å²) >= 11 is 0. The standard InChI is InChI=1S/C13H19NO2/c1-9-3-5-11(6-4-9)10(2)14-12-7-16-8-13(12)15/h3-6,10,12-15H,7-8H2,1-2H3. The second kappa shape index (κ2) is 4.95. The summed E-state index contributed by atoms with van der Waals surface area (Å²) in [6.45, 7) is 5.22. The molecule has 1 aliphatic rings. The van der Waals surface area contributed by atoms with Gasteiger partial charge >= 0.3 is 0 Å². The van der Waals surface area contributed by atoms with Crippen LogP contribution in [0.5, 0.6) is 0 Å². The Morgan fingerprint density at radius 2 is 2.00 bits per heavy atom. The van der Waals surface area contributed by atoms with Gasteiger partial charge in [0.15, 0.2) is 0 Å². The van der Waals surface area contributed by atoms with E-state index in [9.17, 15) is 5.11 Å². The van der Waals surface area contributed by atoms with Crippen molar-refractivity contribution in [3.63, 3.8) is 0 Å². The lowest BCUT2D eigenvalue weighted by molar-refractivity contribution is 0.121. The second-order valence-electron chi connectivity index (χ2n) is 4.51. The van der Waals surface area contributed by atoms with Crippen LogP contribution < -0.4 is 5.32 Å². The minimum Gasteiger partial charge on any atom is -0.389 e. The molecule has 3 unspecified atom stereocenters. The van der Waals surface area contributed by atoms with Gasteiger partial charge in [-0.05, 0) is 19.4 Å². The summed E-state index contributed by atoms with van der Waals surface area (Å²) in [5.41, 5.74) is 2.50. The van der Waals surface area contributed by atoms with Crippen LogP contribution in [0.3, 0.4) is 0 Å². The van der Waals surface area contributed by atoms with Gasteiger partial charge in [-0.25, -0.2) is 0 Å². The van der Waals surface area contributed by atoms with E-state index in [-0.39, 0.29) is 18.2 Å². The Morgan fingerprint density at radius 1 is 1.31 bits per heavy atom. The first-order chi connectivity index (χ1) is 7.66. The molecule has 2 N–H and O–H groups in total. The van der Waals surface area contributed by atoms with Crippen molar-refractivity contribution in [3.8, 4) is 0 Å².